The Kier molecular flexibility index (Phi) is 6.26. The maximum atomic E-state index is 12.9. The van der Waals surface area contributed by atoms with Crippen LogP contribution in [0.25, 0.3) is 0 Å². The van der Waals surface area contributed by atoms with E-state index in [2.05, 4.69) is 0 Å². The van der Waals surface area contributed by atoms with E-state index in [1.165, 1.54) is 0 Å². The number of hydrogen-bond donors (Lipinski definition) is 0. The van der Waals surface area contributed by atoms with Crippen molar-refractivity contribution in [3.63, 3.8) is 0 Å². The van der Waals surface area contributed by atoms with E-state index in [-0.39, 0.29) is 46.5 Å². The van der Waals surface area contributed by atoms with Crippen LogP contribution in [0.5, 0.6) is 0 Å². The Morgan fingerprint density at radius 2 is 1.63 bits per heavy atom. The molecule has 1 fully saturated rings. The number of fused-ring (bicyclic) bond motifs is 1. The molecule has 6 heteroatoms. The predicted octanol–water partition coefficient (Wildman–Crippen LogP) is 4.51. The molecule has 4 nitrogen and oxygen atoms in total. The van der Waals surface area contributed by atoms with Crippen molar-refractivity contribution >= 4 is 47.6 Å². The molecule has 2 aromatic carbocycles. The number of thioether (sulfide) groups is 1. The fourth-order valence-electron chi connectivity index (χ4n) is 3.21. The van der Waals surface area contributed by atoms with Crippen LogP contribution in [0.3, 0.4) is 0 Å². The number of carbonyl (C=O) groups is 2. The maximum Gasteiger partial charge on any atom is 0.337 e. The van der Waals surface area contributed by atoms with Gasteiger partial charge in [-0.1, -0.05) is 60.7 Å². The number of nitrogens with zero attached hydrogens (tertiary/aromatic N) is 1. The lowest BCUT2D eigenvalue weighted by molar-refractivity contribution is -0.143. The normalized spacial score (nSPS) is 20.9. The molecule has 0 aliphatic carbocycles. The lowest BCUT2D eigenvalue weighted by Crippen LogP contribution is -2.50. The highest BCUT2D eigenvalue weighted by Gasteiger charge is 2.42. The van der Waals surface area contributed by atoms with Gasteiger partial charge in [-0.2, -0.15) is 0 Å². The fraction of sp³-hybridized carbons (Fsp3) is 0.238. The smallest absolute Gasteiger partial charge is 0.337 e. The van der Waals surface area contributed by atoms with E-state index in [0.29, 0.717) is 12.0 Å². The van der Waals surface area contributed by atoms with Crippen LogP contribution in [0.1, 0.15) is 30.6 Å². The average molecular weight is 493 g/mol. The first-order valence-corrected chi connectivity index (χ1v) is 9.57. The van der Waals surface area contributed by atoms with Gasteiger partial charge in [0.05, 0.1) is 17.4 Å². The number of esters is 1. The van der Waals surface area contributed by atoms with Crippen molar-refractivity contribution in [1.29, 1.82) is 0 Å². The standard InChI is InChI=1S/C21H19NO3S.HI/c1-14-17(13-22-18(23)12-19(22)26-14)21(24)25-20(15-8-4-2-5-9-15)16-10-6-3-7-11-16;/h2-11,13-14,19-20H,12H2,1H3;1H/t14?,19-;/m1./s1. The Morgan fingerprint density at radius 3 is 2.15 bits per heavy atom. The summed E-state index contributed by atoms with van der Waals surface area (Å²) in [5.41, 5.74) is 2.37. The van der Waals surface area contributed by atoms with Crippen molar-refractivity contribution < 1.29 is 14.3 Å². The SMILES string of the molecule is CC1S[C@@H]2CC(=O)N2C=C1C(=O)OC(c1ccccc1)c1ccccc1.I. The number of ether oxygens (including phenoxy) is 1. The molecule has 1 amide bonds. The Hall–Kier alpha value is -1.80. The molecule has 0 saturated carbocycles. The zero-order valence-corrected chi connectivity index (χ0v) is 17.9. The Morgan fingerprint density at radius 1 is 1.07 bits per heavy atom. The van der Waals surface area contributed by atoms with Gasteiger partial charge < -0.3 is 9.64 Å². The number of carbonyl (C=O) groups excluding carboxylic acids is 2. The minimum absolute atomic E-state index is 0. The molecule has 2 aromatic rings. The molecule has 27 heavy (non-hydrogen) atoms. The molecule has 140 valence electrons. The van der Waals surface area contributed by atoms with Crippen molar-refractivity contribution in [2.45, 2.75) is 30.1 Å². The van der Waals surface area contributed by atoms with E-state index < -0.39 is 6.10 Å². The van der Waals surface area contributed by atoms with E-state index in [0.717, 1.165) is 11.1 Å². The summed E-state index contributed by atoms with van der Waals surface area (Å²) in [6.07, 6.45) is 1.74. The highest BCUT2D eigenvalue weighted by atomic mass is 127. The summed E-state index contributed by atoms with van der Waals surface area (Å²) in [7, 11) is 0. The second kappa shape index (κ2) is 8.48. The number of benzene rings is 2. The van der Waals surface area contributed by atoms with E-state index in [4.69, 9.17) is 4.74 Å². The molecule has 0 spiro atoms. The number of halogens is 1. The van der Waals surface area contributed by atoms with Crippen LogP contribution in [0, 0.1) is 0 Å². The molecule has 0 aromatic heterocycles. The number of hydrogen-bond acceptors (Lipinski definition) is 4. The first kappa shape index (κ1) is 19.9. The monoisotopic (exact) mass is 493 g/mol. The third-order valence-corrected chi connectivity index (χ3v) is 6.06. The molecule has 0 bridgehead atoms. The average Bonchev–Trinajstić information content (AvgIpc) is 2.67. The van der Waals surface area contributed by atoms with E-state index in [1.807, 2.05) is 67.6 Å². The summed E-state index contributed by atoms with van der Waals surface area (Å²) in [6.45, 7) is 1.98. The van der Waals surface area contributed by atoms with Gasteiger partial charge in [0.2, 0.25) is 5.91 Å². The minimum atomic E-state index is -0.479. The van der Waals surface area contributed by atoms with Crippen molar-refractivity contribution in [1.82, 2.24) is 4.90 Å². The molecule has 2 aliphatic rings. The van der Waals surface area contributed by atoms with Crippen LogP contribution < -0.4 is 0 Å². The van der Waals surface area contributed by atoms with Gasteiger partial charge in [-0.3, -0.25) is 4.79 Å². The number of rotatable bonds is 4. The van der Waals surface area contributed by atoms with Gasteiger partial charge in [-0.15, -0.1) is 35.7 Å². The van der Waals surface area contributed by atoms with Crippen LogP contribution >= 0.6 is 35.7 Å². The fourth-order valence-corrected chi connectivity index (χ4v) is 4.54. The van der Waals surface area contributed by atoms with Gasteiger partial charge >= 0.3 is 5.97 Å². The quantitative estimate of drug-likeness (QED) is 0.357. The molecule has 0 radical (unpaired) electrons. The van der Waals surface area contributed by atoms with Gasteiger partial charge in [0.25, 0.3) is 0 Å². The molecule has 4 rings (SSSR count). The van der Waals surface area contributed by atoms with Gasteiger partial charge in [-0.05, 0) is 18.1 Å². The largest absolute Gasteiger partial charge is 0.449 e. The summed E-state index contributed by atoms with van der Waals surface area (Å²) >= 11 is 1.63. The van der Waals surface area contributed by atoms with Crippen molar-refractivity contribution in [2.75, 3.05) is 0 Å². The van der Waals surface area contributed by atoms with Crippen molar-refractivity contribution in [3.8, 4) is 0 Å². The maximum absolute atomic E-state index is 12.9. The summed E-state index contributed by atoms with van der Waals surface area (Å²) in [4.78, 5) is 26.3. The lowest BCUT2D eigenvalue weighted by Gasteiger charge is -2.42. The lowest BCUT2D eigenvalue weighted by atomic mass is 10.0. The van der Waals surface area contributed by atoms with Crippen LogP contribution in [0.4, 0.5) is 0 Å². The van der Waals surface area contributed by atoms with Crippen molar-refractivity contribution in [3.05, 3.63) is 83.6 Å². The molecule has 0 N–H and O–H groups in total. The summed E-state index contributed by atoms with van der Waals surface area (Å²) in [6, 6.07) is 19.4. The summed E-state index contributed by atoms with van der Waals surface area (Å²) in [5, 5.41) is 0.164. The summed E-state index contributed by atoms with van der Waals surface area (Å²) in [5.74, 6) is -0.316. The van der Waals surface area contributed by atoms with E-state index >= 15 is 0 Å². The third kappa shape index (κ3) is 4.06. The van der Waals surface area contributed by atoms with Crippen LogP contribution in [0.15, 0.2) is 72.4 Å². The number of β-lactam (4-membered cyclic amide) rings is 1. The van der Waals surface area contributed by atoms with Crippen LogP contribution in [-0.2, 0) is 14.3 Å². The first-order valence-electron chi connectivity index (χ1n) is 8.62. The highest BCUT2D eigenvalue weighted by Crippen LogP contribution is 2.40. The zero-order valence-electron chi connectivity index (χ0n) is 14.8. The topological polar surface area (TPSA) is 46.6 Å². The van der Waals surface area contributed by atoms with Gasteiger partial charge in [-0.25, -0.2) is 4.79 Å². The molecule has 2 aliphatic heterocycles. The van der Waals surface area contributed by atoms with E-state index in [1.54, 1.807) is 22.9 Å². The molecular formula is C21H20INO3S. The van der Waals surface area contributed by atoms with Gasteiger partial charge in [0, 0.05) is 11.4 Å². The second-order valence-electron chi connectivity index (χ2n) is 6.43. The highest BCUT2D eigenvalue weighted by molar-refractivity contribution is 14.0. The van der Waals surface area contributed by atoms with E-state index in [9.17, 15) is 9.59 Å². The molecular weight excluding hydrogens is 473 g/mol. The van der Waals surface area contributed by atoms with Crippen LogP contribution in [0.2, 0.25) is 0 Å². The Bertz CT molecular complexity index is 817. The Balaban J connectivity index is 0.00000210. The molecule has 1 saturated heterocycles. The first-order chi connectivity index (χ1) is 12.6. The van der Waals surface area contributed by atoms with Crippen LogP contribution in [-0.4, -0.2) is 27.4 Å². The molecule has 2 heterocycles. The van der Waals surface area contributed by atoms with Crippen molar-refractivity contribution in [2.24, 2.45) is 0 Å². The summed E-state index contributed by atoms with van der Waals surface area (Å²) < 4.78 is 5.92. The number of amides is 1. The second-order valence-corrected chi connectivity index (χ2v) is 7.95. The Labute approximate surface area is 180 Å². The predicted molar refractivity (Wildman–Crippen MR) is 117 cm³/mol. The molecule has 1 unspecified atom stereocenters. The van der Waals surface area contributed by atoms with Gasteiger partial charge in [0.15, 0.2) is 6.10 Å². The molecule has 2 atom stereocenters. The third-order valence-electron chi connectivity index (χ3n) is 4.69. The van der Waals surface area contributed by atoms with Gasteiger partial charge in [0.1, 0.15) is 0 Å². The zero-order chi connectivity index (χ0) is 18.1. The minimum Gasteiger partial charge on any atom is -0.449 e.